The van der Waals surface area contributed by atoms with E-state index in [0.717, 1.165) is 22.2 Å². The van der Waals surface area contributed by atoms with Crippen molar-refractivity contribution in [1.82, 2.24) is 9.97 Å². The van der Waals surface area contributed by atoms with E-state index < -0.39 is 11.9 Å². The smallest absolute Gasteiger partial charge is 0.337 e. The highest BCUT2D eigenvalue weighted by atomic mass is 35.5. The molecule has 0 spiro atoms. The predicted octanol–water partition coefficient (Wildman–Crippen LogP) is 7.16. The Kier molecular flexibility index (Phi) is 6.56. The Morgan fingerprint density at radius 3 is 2.19 bits per heavy atom. The molecule has 3 N–H and O–H groups in total. The molecule has 5 aromatic rings. The molecule has 0 fully saturated rings. The van der Waals surface area contributed by atoms with Crippen LogP contribution in [0.2, 0.25) is 10.0 Å². The summed E-state index contributed by atoms with van der Waals surface area (Å²) in [5, 5.41) is 13.2. The van der Waals surface area contributed by atoms with Crippen molar-refractivity contribution in [3.05, 3.63) is 100 Å². The van der Waals surface area contributed by atoms with Crippen LogP contribution in [0.5, 0.6) is 5.75 Å². The fourth-order valence-electron chi connectivity index (χ4n) is 3.91. The van der Waals surface area contributed by atoms with Crippen LogP contribution in [0.1, 0.15) is 20.7 Å². The highest BCUT2D eigenvalue weighted by Gasteiger charge is 2.16. The first kappa shape index (κ1) is 24.4. The molecule has 37 heavy (non-hydrogen) atoms. The Hall–Kier alpha value is -4.33. The Bertz CT molecular complexity index is 1610. The van der Waals surface area contributed by atoms with Gasteiger partial charge in [0.05, 0.1) is 39.4 Å². The number of aromatic nitrogens is 2. The third-order valence-corrected chi connectivity index (χ3v) is 6.59. The van der Waals surface area contributed by atoms with Crippen LogP contribution < -0.4 is 10.1 Å². The van der Waals surface area contributed by atoms with Gasteiger partial charge in [-0.15, -0.1) is 0 Å². The van der Waals surface area contributed by atoms with Crippen molar-refractivity contribution in [2.75, 3.05) is 12.4 Å². The second kappa shape index (κ2) is 9.97. The monoisotopic (exact) mass is 531 g/mol. The molecule has 0 unspecified atom stereocenters. The van der Waals surface area contributed by atoms with E-state index in [1.165, 1.54) is 6.07 Å². The summed E-state index contributed by atoms with van der Waals surface area (Å²) in [6.45, 7) is 0. The lowest BCUT2D eigenvalue weighted by molar-refractivity contribution is 0.0698. The summed E-state index contributed by atoms with van der Waals surface area (Å²) in [7, 11) is 1.58. The maximum Gasteiger partial charge on any atom is 0.337 e. The Morgan fingerprint density at radius 2 is 1.51 bits per heavy atom. The number of fused-ring (bicyclic) bond motifs is 1. The Balaban J connectivity index is 1.40. The number of ether oxygens (including phenoxy) is 1. The zero-order valence-corrected chi connectivity index (χ0v) is 20.9. The first-order chi connectivity index (χ1) is 17.8. The summed E-state index contributed by atoms with van der Waals surface area (Å²) in [5.41, 5.74) is 4.32. The number of hydrogen-bond donors (Lipinski definition) is 3. The SMILES string of the molecule is COc1ccc(-c2ccc(C(=O)O)c(NC(=O)c3ccc(-c4nc5cc(Cl)c(Cl)cc5[nH]4)cc3)c2)cc1. The quantitative estimate of drug-likeness (QED) is 0.215. The summed E-state index contributed by atoms with van der Waals surface area (Å²) >= 11 is 12.2. The van der Waals surface area contributed by atoms with Gasteiger partial charge in [0.1, 0.15) is 11.6 Å². The number of anilines is 1. The zero-order chi connectivity index (χ0) is 26.1. The number of halogens is 2. The van der Waals surface area contributed by atoms with Gasteiger partial charge in [0, 0.05) is 11.1 Å². The third-order valence-electron chi connectivity index (χ3n) is 5.87. The number of imidazole rings is 1. The maximum absolute atomic E-state index is 13.0. The molecule has 0 atom stereocenters. The molecular formula is C28H19Cl2N3O4. The van der Waals surface area contributed by atoms with Gasteiger partial charge < -0.3 is 20.1 Å². The second-order valence-electron chi connectivity index (χ2n) is 8.19. The second-order valence-corrected chi connectivity index (χ2v) is 9.01. The van der Waals surface area contributed by atoms with Crippen LogP contribution in [0.25, 0.3) is 33.5 Å². The standard InChI is InChI=1S/C28H19Cl2N3O4/c1-37-19-9-6-15(7-10-19)18-8-11-20(28(35)36)23(12-18)33-27(34)17-4-2-16(3-5-17)26-31-24-13-21(29)22(30)14-25(24)32-26/h2-14H,1H3,(H,31,32)(H,33,34)(H,35,36). The first-order valence-electron chi connectivity index (χ1n) is 11.1. The van der Waals surface area contributed by atoms with Crippen molar-refractivity contribution in [2.45, 2.75) is 0 Å². The van der Waals surface area contributed by atoms with Crippen molar-refractivity contribution in [3.8, 4) is 28.3 Å². The molecule has 4 aromatic carbocycles. The van der Waals surface area contributed by atoms with Crippen LogP contribution in [0.15, 0.2) is 78.9 Å². The molecule has 0 saturated heterocycles. The number of nitrogens with zero attached hydrogens (tertiary/aromatic N) is 1. The van der Waals surface area contributed by atoms with Crippen molar-refractivity contribution in [1.29, 1.82) is 0 Å². The van der Waals surface area contributed by atoms with Crippen LogP contribution in [0, 0.1) is 0 Å². The van der Waals surface area contributed by atoms with Crippen LogP contribution in [0.4, 0.5) is 5.69 Å². The molecule has 5 rings (SSSR count). The normalized spacial score (nSPS) is 10.9. The van der Waals surface area contributed by atoms with Gasteiger partial charge >= 0.3 is 5.97 Å². The molecule has 0 aliphatic rings. The number of nitrogens with one attached hydrogen (secondary N) is 2. The molecule has 184 valence electrons. The average molecular weight is 532 g/mol. The van der Waals surface area contributed by atoms with E-state index in [9.17, 15) is 14.7 Å². The predicted molar refractivity (Wildman–Crippen MR) is 145 cm³/mol. The van der Waals surface area contributed by atoms with E-state index >= 15 is 0 Å². The minimum Gasteiger partial charge on any atom is -0.497 e. The largest absolute Gasteiger partial charge is 0.497 e. The molecule has 0 saturated carbocycles. The van der Waals surface area contributed by atoms with Crippen molar-refractivity contribution >= 4 is 51.8 Å². The van der Waals surface area contributed by atoms with Gasteiger partial charge in [0.25, 0.3) is 5.91 Å². The lowest BCUT2D eigenvalue weighted by Gasteiger charge is -2.12. The summed E-state index contributed by atoms with van der Waals surface area (Å²) in [5.74, 6) is -0.278. The summed E-state index contributed by atoms with van der Waals surface area (Å²) < 4.78 is 5.19. The van der Waals surface area contributed by atoms with E-state index in [-0.39, 0.29) is 11.3 Å². The number of carboxylic acid groups (broad SMARTS) is 1. The molecule has 9 heteroatoms. The number of methoxy groups -OCH3 is 1. The molecule has 1 aromatic heterocycles. The van der Waals surface area contributed by atoms with Crippen molar-refractivity contribution in [2.24, 2.45) is 0 Å². The molecule has 0 radical (unpaired) electrons. The average Bonchev–Trinajstić information content (AvgIpc) is 3.31. The van der Waals surface area contributed by atoms with Gasteiger partial charge in [-0.3, -0.25) is 4.79 Å². The summed E-state index contributed by atoms with van der Waals surface area (Å²) in [6, 6.07) is 22.3. The van der Waals surface area contributed by atoms with E-state index in [0.29, 0.717) is 32.7 Å². The molecule has 0 aliphatic carbocycles. The number of carbonyl (C=O) groups excluding carboxylic acids is 1. The van der Waals surface area contributed by atoms with Gasteiger partial charge in [-0.25, -0.2) is 9.78 Å². The number of carboxylic acids is 1. The Morgan fingerprint density at radius 1 is 0.865 bits per heavy atom. The van der Waals surface area contributed by atoms with Crippen LogP contribution in [-0.4, -0.2) is 34.1 Å². The van der Waals surface area contributed by atoms with Gasteiger partial charge in [0.2, 0.25) is 0 Å². The van der Waals surface area contributed by atoms with Crippen molar-refractivity contribution < 1.29 is 19.4 Å². The zero-order valence-electron chi connectivity index (χ0n) is 19.4. The van der Waals surface area contributed by atoms with Gasteiger partial charge in [-0.05, 0) is 59.7 Å². The topological polar surface area (TPSA) is 104 Å². The van der Waals surface area contributed by atoms with E-state index in [1.54, 1.807) is 55.6 Å². The number of H-pyrrole nitrogens is 1. The third kappa shape index (κ3) is 5.00. The highest BCUT2D eigenvalue weighted by Crippen LogP contribution is 2.30. The number of benzene rings is 4. The van der Waals surface area contributed by atoms with Crippen molar-refractivity contribution in [3.63, 3.8) is 0 Å². The molecule has 0 aliphatic heterocycles. The van der Waals surface area contributed by atoms with Gasteiger partial charge in [0.15, 0.2) is 0 Å². The van der Waals surface area contributed by atoms with Crippen LogP contribution in [-0.2, 0) is 0 Å². The van der Waals surface area contributed by atoms with E-state index in [1.807, 2.05) is 24.3 Å². The maximum atomic E-state index is 13.0. The summed E-state index contributed by atoms with van der Waals surface area (Å²) in [4.78, 5) is 32.5. The molecule has 7 nitrogen and oxygen atoms in total. The minimum absolute atomic E-state index is 0.0122. The van der Waals surface area contributed by atoms with Crippen LogP contribution in [0.3, 0.4) is 0 Å². The molecule has 1 heterocycles. The highest BCUT2D eigenvalue weighted by molar-refractivity contribution is 6.42. The molecular weight excluding hydrogens is 513 g/mol. The van der Waals surface area contributed by atoms with E-state index in [4.69, 9.17) is 27.9 Å². The number of rotatable bonds is 6. The molecule has 1 amide bonds. The molecule has 0 bridgehead atoms. The number of aromatic carboxylic acids is 1. The van der Waals surface area contributed by atoms with Gasteiger partial charge in [-0.2, -0.15) is 0 Å². The minimum atomic E-state index is -1.14. The Labute approximate surface area is 221 Å². The van der Waals surface area contributed by atoms with E-state index in [2.05, 4.69) is 15.3 Å². The van der Waals surface area contributed by atoms with Gasteiger partial charge in [-0.1, -0.05) is 53.5 Å². The number of hydrogen-bond acceptors (Lipinski definition) is 4. The first-order valence-corrected chi connectivity index (χ1v) is 11.9. The fourth-order valence-corrected chi connectivity index (χ4v) is 4.23. The lowest BCUT2D eigenvalue weighted by Crippen LogP contribution is -2.15. The van der Waals surface area contributed by atoms with Crippen LogP contribution >= 0.6 is 23.2 Å². The lowest BCUT2D eigenvalue weighted by atomic mass is 10.0. The number of carbonyl (C=O) groups is 2. The number of amides is 1. The summed E-state index contributed by atoms with van der Waals surface area (Å²) in [6.07, 6.45) is 0. The number of aromatic amines is 1. The fraction of sp³-hybridized carbons (Fsp3) is 0.0357.